The second kappa shape index (κ2) is 18.0. The average molecular weight is 908 g/mol. The third kappa shape index (κ3) is 7.75. The summed E-state index contributed by atoms with van der Waals surface area (Å²) in [6.07, 6.45) is 9.11. The fourth-order valence-corrected chi connectivity index (χ4v) is 10.9. The van der Waals surface area contributed by atoms with Crippen LogP contribution in [0.4, 0.5) is 45.5 Å². The number of hydrogen-bond donors (Lipinski definition) is 0. The summed E-state index contributed by atoms with van der Waals surface area (Å²) >= 11 is 0. The molecule has 0 N–H and O–H groups in total. The molecule has 0 saturated heterocycles. The van der Waals surface area contributed by atoms with Crippen molar-refractivity contribution in [3.05, 3.63) is 291 Å². The fraction of sp³-hybridized carbons (Fsp3) is 0.0294. The SMILES string of the molecule is C1=CC2c3cc(N(c4ccc5ccccc5c4)c4ccc(-c5ccc(N(c6ccc(-c7ccccc7)cc6)c6ccc(-c7ccccc7)cc6)cc5)c5ccccc45)ccc3N(c3ccccc3)C2C=C1. The average Bonchev–Trinajstić information content (AvgIpc) is 3.78. The summed E-state index contributed by atoms with van der Waals surface area (Å²) in [5.41, 5.74) is 17.6. The molecule has 2 atom stereocenters. The van der Waals surface area contributed by atoms with E-state index in [0.717, 1.165) is 39.7 Å². The van der Waals surface area contributed by atoms with Crippen molar-refractivity contribution < 1.29 is 0 Å². The first kappa shape index (κ1) is 42.0. The highest BCUT2D eigenvalue weighted by molar-refractivity contribution is 6.07. The van der Waals surface area contributed by atoms with Crippen molar-refractivity contribution in [2.75, 3.05) is 14.7 Å². The number of fused-ring (bicyclic) bond motifs is 5. The zero-order valence-electron chi connectivity index (χ0n) is 39.1. The highest BCUT2D eigenvalue weighted by Gasteiger charge is 2.38. The van der Waals surface area contributed by atoms with Gasteiger partial charge in [0.15, 0.2) is 0 Å². The van der Waals surface area contributed by atoms with E-state index in [1.807, 2.05) is 0 Å². The van der Waals surface area contributed by atoms with Gasteiger partial charge in [0.05, 0.1) is 11.7 Å². The number of anilines is 8. The Bertz CT molecular complexity index is 3670. The monoisotopic (exact) mass is 907 g/mol. The third-order valence-electron chi connectivity index (χ3n) is 14.4. The molecule has 11 aromatic carbocycles. The second-order valence-electron chi connectivity index (χ2n) is 18.5. The lowest BCUT2D eigenvalue weighted by Crippen LogP contribution is -2.28. The topological polar surface area (TPSA) is 9.72 Å². The van der Waals surface area contributed by atoms with Crippen molar-refractivity contribution in [1.29, 1.82) is 0 Å². The van der Waals surface area contributed by atoms with Crippen molar-refractivity contribution in [2.24, 2.45) is 0 Å². The maximum Gasteiger partial charge on any atom is 0.0629 e. The molecule has 1 heterocycles. The van der Waals surface area contributed by atoms with Gasteiger partial charge >= 0.3 is 0 Å². The van der Waals surface area contributed by atoms with Gasteiger partial charge in [0.1, 0.15) is 0 Å². The van der Waals surface area contributed by atoms with Gasteiger partial charge in [0.2, 0.25) is 0 Å². The van der Waals surface area contributed by atoms with Crippen molar-refractivity contribution in [2.45, 2.75) is 12.0 Å². The largest absolute Gasteiger partial charge is 0.333 e. The van der Waals surface area contributed by atoms with Crippen molar-refractivity contribution >= 4 is 67.0 Å². The van der Waals surface area contributed by atoms with Crippen LogP contribution in [0.1, 0.15) is 11.5 Å². The quantitative estimate of drug-likeness (QED) is 0.135. The Balaban J connectivity index is 0.903. The summed E-state index contributed by atoms with van der Waals surface area (Å²) in [5.74, 6) is 0.230. The molecule has 11 aromatic rings. The summed E-state index contributed by atoms with van der Waals surface area (Å²) < 4.78 is 0. The Kier molecular flexibility index (Phi) is 10.7. The first-order valence-electron chi connectivity index (χ1n) is 24.6. The lowest BCUT2D eigenvalue weighted by molar-refractivity contribution is 0.745. The van der Waals surface area contributed by atoms with Gasteiger partial charge in [-0.1, -0.05) is 200 Å². The first-order chi connectivity index (χ1) is 35.2. The number of rotatable bonds is 10. The molecule has 0 spiro atoms. The molecular weight excluding hydrogens is 859 g/mol. The van der Waals surface area contributed by atoms with Crippen molar-refractivity contribution in [3.8, 4) is 33.4 Å². The molecule has 0 bridgehead atoms. The third-order valence-corrected chi connectivity index (χ3v) is 14.4. The van der Waals surface area contributed by atoms with Gasteiger partial charge < -0.3 is 14.7 Å². The van der Waals surface area contributed by atoms with Crippen LogP contribution in [0.2, 0.25) is 0 Å². The van der Waals surface area contributed by atoms with Gasteiger partial charge in [0, 0.05) is 51.1 Å². The van der Waals surface area contributed by atoms with E-state index in [1.165, 1.54) is 66.3 Å². The highest BCUT2D eigenvalue weighted by Crippen LogP contribution is 2.51. The van der Waals surface area contributed by atoms with E-state index >= 15 is 0 Å². The van der Waals surface area contributed by atoms with E-state index in [0.29, 0.717) is 0 Å². The van der Waals surface area contributed by atoms with Gasteiger partial charge in [0.25, 0.3) is 0 Å². The zero-order chi connectivity index (χ0) is 47.1. The molecule has 336 valence electrons. The Labute approximate surface area is 415 Å². The van der Waals surface area contributed by atoms with Gasteiger partial charge in [-0.15, -0.1) is 0 Å². The van der Waals surface area contributed by atoms with Crippen LogP contribution < -0.4 is 14.7 Å². The number of hydrogen-bond acceptors (Lipinski definition) is 3. The minimum Gasteiger partial charge on any atom is -0.333 e. The first-order valence-corrected chi connectivity index (χ1v) is 24.6. The number of allylic oxidation sites excluding steroid dienone is 2. The van der Waals surface area contributed by atoms with Crippen LogP contribution in [0, 0.1) is 0 Å². The summed E-state index contributed by atoms with van der Waals surface area (Å²) in [6.45, 7) is 0. The highest BCUT2D eigenvalue weighted by atomic mass is 15.2. The molecule has 1 aliphatic carbocycles. The van der Waals surface area contributed by atoms with Gasteiger partial charge in [-0.2, -0.15) is 0 Å². The number of benzene rings is 11. The summed E-state index contributed by atoms with van der Waals surface area (Å²) in [7, 11) is 0. The Hall–Kier alpha value is -9.18. The fourth-order valence-electron chi connectivity index (χ4n) is 10.9. The molecule has 3 nitrogen and oxygen atoms in total. The molecule has 0 aromatic heterocycles. The van der Waals surface area contributed by atoms with Gasteiger partial charge in [-0.05, 0) is 140 Å². The van der Waals surface area contributed by atoms with E-state index < -0.39 is 0 Å². The molecule has 0 amide bonds. The molecular formula is C68H49N3. The van der Waals surface area contributed by atoms with Gasteiger partial charge in [-0.3, -0.25) is 0 Å². The standard InChI is InChI=1S/C68H49N3/c1-4-16-48(17-5-1)51-28-35-56(36-29-51)69(57-37-30-52(31-38-57)49-18-6-2-7-19-49)58-39-33-53(34-40-58)61-43-45-67(63-25-13-12-24-62(61)63)70(59-41-32-50-20-10-11-21-54(50)46-59)60-42-44-68-65(47-60)64-26-14-15-27-66(64)71(68)55-22-8-3-9-23-55/h1-47,64,66H. The van der Waals surface area contributed by atoms with Crippen LogP contribution in [-0.4, -0.2) is 6.04 Å². The second-order valence-corrected chi connectivity index (χ2v) is 18.5. The molecule has 0 radical (unpaired) electrons. The van der Waals surface area contributed by atoms with Crippen LogP contribution >= 0.6 is 0 Å². The smallest absolute Gasteiger partial charge is 0.0629 e. The summed E-state index contributed by atoms with van der Waals surface area (Å²) in [6, 6.07) is 95.3. The molecule has 2 aliphatic rings. The van der Waals surface area contributed by atoms with Crippen molar-refractivity contribution in [1.82, 2.24) is 0 Å². The van der Waals surface area contributed by atoms with E-state index in [1.54, 1.807) is 0 Å². The Morgan fingerprint density at radius 2 is 0.817 bits per heavy atom. The van der Waals surface area contributed by atoms with Crippen molar-refractivity contribution in [3.63, 3.8) is 0 Å². The lowest BCUT2D eigenvalue weighted by Gasteiger charge is -2.29. The van der Waals surface area contributed by atoms with E-state index in [4.69, 9.17) is 0 Å². The van der Waals surface area contributed by atoms with Crippen LogP contribution in [0.15, 0.2) is 285 Å². The van der Waals surface area contributed by atoms with Gasteiger partial charge in [-0.25, -0.2) is 0 Å². The minimum absolute atomic E-state index is 0.209. The molecule has 3 heteroatoms. The maximum atomic E-state index is 2.50. The molecule has 1 aliphatic heterocycles. The number of para-hydroxylation sites is 1. The lowest BCUT2D eigenvalue weighted by atomic mass is 9.91. The van der Waals surface area contributed by atoms with E-state index in [-0.39, 0.29) is 12.0 Å². The Morgan fingerprint density at radius 1 is 0.324 bits per heavy atom. The van der Waals surface area contributed by atoms with E-state index in [9.17, 15) is 0 Å². The molecule has 71 heavy (non-hydrogen) atoms. The van der Waals surface area contributed by atoms with Crippen LogP contribution in [-0.2, 0) is 0 Å². The minimum atomic E-state index is 0.209. The number of nitrogens with zero attached hydrogens (tertiary/aromatic N) is 3. The Morgan fingerprint density at radius 3 is 1.46 bits per heavy atom. The predicted molar refractivity (Wildman–Crippen MR) is 301 cm³/mol. The van der Waals surface area contributed by atoms with Crippen LogP contribution in [0.25, 0.3) is 54.9 Å². The molecule has 0 saturated carbocycles. The van der Waals surface area contributed by atoms with Crippen LogP contribution in [0.3, 0.4) is 0 Å². The zero-order valence-corrected chi connectivity index (χ0v) is 39.1. The van der Waals surface area contributed by atoms with Crippen LogP contribution in [0.5, 0.6) is 0 Å². The maximum absolute atomic E-state index is 2.50. The summed E-state index contributed by atoms with van der Waals surface area (Å²) in [5, 5.41) is 4.82. The molecule has 2 unspecified atom stereocenters. The molecule has 0 fully saturated rings. The predicted octanol–water partition coefficient (Wildman–Crippen LogP) is 18.7. The summed E-state index contributed by atoms with van der Waals surface area (Å²) in [4.78, 5) is 7.32. The van der Waals surface area contributed by atoms with E-state index in [2.05, 4.69) is 300 Å². The normalized spacial score (nSPS) is 14.6. The molecule has 13 rings (SSSR count).